The van der Waals surface area contributed by atoms with Gasteiger partial charge in [-0.15, -0.1) is 0 Å². The van der Waals surface area contributed by atoms with Crippen LogP contribution in [-0.4, -0.2) is 16.1 Å². The van der Waals surface area contributed by atoms with Crippen molar-refractivity contribution in [3.05, 3.63) is 46.7 Å². The molecule has 100 valence electrons. The first kappa shape index (κ1) is 13.6. The molecular formula is C14H16ClN3O. The zero-order valence-corrected chi connectivity index (χ0v) is 11.7. The van der Waals surface area contributed by atoms with E-state index in [0.29, 0.717) is 22.3 Å². The van der Waals surface area contributed by atoms with E-state index in [-0.39, 0.29) is 5.91 Å². The van der Waals surface area contributed by atoms with Gasteiger partial charge in [-0.05, 0) is 42.7 Å². The Bertz CT molecular complexity index is 560. The first-order chi connectivity index (χ1) is 9.04. The van der Waals surface area contributed by atoms with Crippen LogP contribution in [0.25, 0.3) is 0 Å². The Hall–Kier alpha value is -1.81. The molecule has 2 aromatic rings. The Balaban J connectivity index is 2.03. The Morgan fingerprint density at radius 3 is 2.68 bits per heavy atom. The number of amides is 1. The van der Waals surface area contributed by atoms with E-state index < -0.39 is 0 Å². The second-order valence-electron chi connectivity index (χ2n) is 4.84. The number of benzene rings is 1. The van der Waals surface area contributed by atoms with Crippen LogP contribution >= 0.6 is 11.6 Å². The van der Waals surface area contributed by atoms with Crippen LogP contribution in [0, 0.1) is 5.92 Å². The highest BCUT2D eigenvalue weighted by Crippen LogP contribution is 2.14. The molecule has 0 saturated carbocycles. The molecule has 0 atom stereocenters. The van der Waals surface area contributed by atoms with E-state index in [4.69, 9.17) is 11.6 Å². The molecule has 1 heterocycles. The zero-order valence-electron chi connectivity index (χ0n) is 10.9. The van der Waals surface area contributed by atoms with Gasteiger partial charge in [-0.2, -0.15) is 5.10 Å². The molecule has 0 aliphatic rings. The average molecular weight is 278 g/mol. The molecule has 1 aromatic carbocycles. The summed E-state index contributed by atoms with van der Waals surface area (Å²) in [7, 11) is 0. The van der Waals surface area contributed by atoms with Crippen LogP contribution in [0.15, 0.2) is 30.3 Å². The third kappa shape index (κ3) is 3.83. The number of aromatic amines is 1. The third-order valence-electron chi connectivity index (χ3n) is 2.59. The van der Waals surface area contributed by atoms with Crippen LogP contribution in [0.2, 0.25) is 5.02 Å². The van der Waals surface area contributed by atoms with Crippen molar-refractivity contribution in [3.63, 3.8) is 0 Å². The molecule has 0 aliphatic carbocycles. The fourth-order valence-electron chi connectivity index (χ4n) is 1.75. The standard InChI is InChI=1S/C14H16ClN3O/c1-9(2)7-12-8-13(18-17-12)14(19)16-11-5-3-10(15)4-6-11/h3-6,8-9H,7H2,1-2H3,(H,16,19)(H,17,18). The van der Waals surface area contributed by atoms with E-state index in [0.717, 1.165) is 12.1 Å². The first-order valence-electron chi connectivity index (χ1n) is 6.16. The van der Waals surface area contributed by atoms with Gasteiger partial charge < -0.3 is 5.32 Å². The average Bonchev–Trinajstić information content (AvgIpc) is 2.80. The summed E-state index contributed by atoms with van der Waals surface area (Å²) in [5.41, 5.74) is 2.06. The molecule has 2 rings (SSSR count). The topological polar surface area (TPSA) is 57.8 Å². The summed E-state index contributed by atoms with van der Waals surface area (Å²) in [5, 5.41) is 10.3. The molecule has 0 fully saturated rings. The molecule has 19 heavy (non-hydrogen) atoms. The second kappa shape index (κ2) is 5.89. The number of carbonyl (C=O) groups excluding carboxylic acids is 1. The highest BCUT2D eigenvalue weighted by atomic mass is 35.5. The van der Waals surface area contributed by atoms with Gasteiger partial charge in [0.05, 0.1) is 0 Å². The van der Waals surface area contributed by atoms with Crippen molar-refractivity contribution >= 4 is 23.2 Å². The number of anilines is 1. The number of halogens is 1. The minimum absolute atomic E-state index is 0.228. The summed E-state index contributed by atoms with van der Waals surface area (Å²) in [5.74, 6) is 0.293. The third-order valence-corrected chi connectivity index (χ3v) is 2.85. The maximum absolute atomic E-state index is 12.0. The van der Waals surface area contributed by atoms with Crippen molar-refractivity contribution in [2.24, 2.45) is 5.92 Å². The van der Waals surface area contributed by atoms with Crippen LogP contribution in [0.1, 0.15) is 30.0 Å². The first-order valence-corrected chi connectivity index (χ1v) is 6.53. The SMILES string of the molecule is CC(C)Cc1cc(C(=O)Nc2ccc(Cl)cc2)n[nH]1. The van der Waals surface area contributed by atoms with E-state index in [1.807, 2.05) is 0 Å². The van der Waals surface area contributed by atoms with Crippen LogP contribution in [0.4, 0.5) is 5.69 Å². The van der Waals surface area contributed by atoms with Gasteiger partial charge in [0, 0.05) is 16.4 Å². The highest BCUT2D eigenvalue weighted by molar-refractivity contribution is 6.30. The van der Waals surface area contributed by atoms with Gasteiger partial charge in [0.25, 0.3) is 5.91 Å². The monoisotopic (exact) mass is 277 g/mol. The van der Waals surface area contributed by atoms with Crippen LogP contribution < -0.4 is 5.32 Å². The Morgan fingerprint density at radius 1 is 1.37 bits per heavy atom. The molecule has 0 bridgehead atoms. The maximum atomic E-state index is 12.0. The molecule has 0 saturated heterocycles. The maximum Gasteiger partial charge on any atom is 0.276 e. The number of nitrogens with one attached hydrogen (secondary N) is 2. The van der Waals surface area contributed by atoms with E-state index in [1.165, 1.54) is 0 Å². The Kier molecular flexibility index (Phi) is 4.22. The molecule has 0 spiro atoms. The quantitative estimate of drug-likeness (QED) is 0.898. The minimum atomic E-state index is -0.228. The van der Waals surface area contributed by atoms with Crippen molar-refractivity contribution in [2.45, 2.75) is 20.3 Å². The fourth-order valence-corrected chi connectivity index (χ4v) is 1.88. The fraction of sp³-hybridized carbons (Fsp3) is 0.286. The molecule has 1 amide bonds. The second-order valence-corrected chi connectivity index (χ2v) is 5.27. The molecule has 2 N–H and O–H groups in total. The van der Waals surface area contributed by atoms with Gasteiger partial charge >= 0.3 is 0 Å². The lowest BCUT2D eigenvalue weighted by Gasteiger charge is -2.02. The smallest absolute Gasteiger partial charge is 0.276 e. The van der Waals surface area contributed by atoms with Crippen molar-refractivity contribution in [1.29, 1.82) is 0 Å². The number of rotatable bonds is 4. The molecule has 0 radical (unpaired) electrons. The predicted molar refractivity (Wildman–Crippen MR) is 76.5 cm³/mol. The van der Waals surface area contributed by atoms with Crippen molar-refractivity contribution < 1.29 is 4.79 Å². The summed E-state index contributed by atoms with van der Waals surface area (Å²) < 4.78 is 0. The number of carbonyl (C=O) groups is 1. The Labute approximate surface area is 117 Å². The summed E-state index contributed by atoms with van der Waals surface area (Å²) in [6.45, 7) is 4.24. The molecular weight excluding hydrogens is 262 g/mol. The minimum Gasteiger partial charge on any atom is -0.321 e. The van der Waals surface area contributed by atoms with Gasteiger partial charge in [0.2, 0.25) is 0 Å². The largest absolute Gasteiger partial charge is 0.321 e. The van der Waals surface area contributed by atoms with Gasteiger partial charge in [0.15, 0.2) is 5.69 Å². The lowest BCUT2D eigenvalue weighted by atomic mass is 10.1. The normalized spacial score (nSPS) is 10.7. The number of nitrogens with zero attached hydrogens (tertiary/aromatic N) is 1. The summed E-state index contributed by atoms with van der Waals surface area (Å²) in [6.07, 6.45) is 0.876. The molecule has 1 aromatic heterocycles. The van der Waals surface area contributed by atoms with Gasteiger partial charge in [-0.1, -0.05) is 25.4 Å². The molecule has 0 unspecified atom stereocenters. The summed E-state index contributed by atoms with van der Waals surface area (Å²) in [6, 6.07) is 8.74. The van der Waals surface area contributed by atoms with E-state index in [2.05, 4.69) is 29.4 Å². The highest BCUT2D eigenvalue weighted by Gasteiger charge is 2.11. The number of H-pyrrole nitrogens is 1. The predicted octanol–water partition coefficient (Wildman–Crippen LogP) is 3.51. The lowest BCUT2D eigenvalue weighted by molar-refractivity contribution is 0.102. The number of aromatic nitrogens is 2. The number of hydrogen-bond donors (Lipinski definition) is 2. The Morgan fingerprint density at radius 2 is 2.05 bits per heavy atom. The molecule has 0 aliphatic heterocycles. The van der Waals surface area contributed by atoms with E-state index in [9.17, 15) is 4.79 Å². The van der Waals surface area contributed by atoms with Crippen molar-refractivity contribution in [1.82, 2.24) is 10.2 Å². The van der Waals surface area contributed by atoms with Crippen molar-refractivity contribution in [2.75, 3.05) is 5.32 Å². The van der Waals surface area contributed by atoms with Gasteiger partial charge in [-0.25, -0.2) is 0 Å². The van der Waals surface area contributed by atoms with E-state index >= 15 is 0 Å². The number of hydrogen-bond acceptors (Lipinski definition) is 2. The van der Waals surface area contributed by atoms with Gasteiger partial charge in [0.1, 0.15) is 0 Å². The molecule has 4 nitrogen and oxygen atoms in total. The van der Waals surface area contributed by atoms with Crippen LogP contribution in [0.3, 0.4) is 0 Å². The molecule has 5 heteroatoms. The van der Waals surface area contributed by atoms with E-state index in [1.54, 1.807) is 30.3 Å². The lowest BCUT2D eigenvalue weighted by Crippen LogP contribution is -2.12. The van der Waals surface area contributed by atoms with Crippen LogP contribution in [0.5, 0.6) is 0 Å². The van der Waals surface area contributed by atoms with Crippen molar-refractivity contribution in [3.8, 4) is 0 Å². The summed E-state index contributed by atoms with van der Waals surface area (Å²) in [4.78, 5) is 12.0. The van der Waals surface area contributed by atoms with Gasteiger partial charge in [-0.3, -0.25) is 9.89 Å². The zero-order chi connectivity index (χ0) is 13.8. The van der Waals surface area contributed by atoms with Crippen LogP contribution in [-0.2, 0) is 6.42 Å². The summed E-state index contributed by atoms with van der Waals surface area (Å²) >= 11 is 5.79.